The lowest BCUT2D eigenvalue weighted by Crippen LogP contribution is -1.95. The van der Waals surface area contributed by atoms with Gasteiger partial charge in [-0.2, -0.15) is 5.10 Å². The number of hydrogen-bond acceptors (Lipinski definition) is 3. The van der Waals surface area contributed by atoms with Crippen LogP contribution in [0.5, 0.6) is 0 Å². The summed E-state index contributed by atoms with van der Waals surface area (Å²) in [5.74, 6) is -0.355. The third kappa shape index (κ3) is 2.37. The molecule has 0 saturated heterocycles. The molecule has 3 nitrogen and oxygen atoms in total. The molecule has 0 aliphatic heterocycles. The average molecular weight is 307 g/mol. The van der Waals surface area contributed by atoms with Crippen LogP contribution < -0.4 is 0 Å². The molecule has 0 fully saturated rings. The lowest BCUT2D eigenvalue weighted by molar-refractivity contribution is 0.112. The Morgan fingerprint density at radius 3 is 2.80 bits per heavy atom. The highest BCUT2D eigenvalue weighted by Gasteiger charge is 2.13. The summed E-state index contributed by atoms with van der Waals surface area (Å²) in [4.78, 5) is 12.0. The van der Waals surface area contributed by atoms with Crippen molar-refractivity contribution in [3.05, 3.63) is 58.3 Å². The number of carbonyl (C=O) groups excluding carboxylic acids is 1. The van der Waals surface area contributed by atoms with Gasteiger partial charge in [0.05, 0.1) is 20.5 Å². The maximum absolute atomic E-state index is 13.2. The van der Waals surface area contributed by atoms with Gasteiger partial charge >= 0.3 is 0 Å². The first-order chi connectivity index (χ1) is 9.67. The van der Waals surface area contributed by atoms with Crippen molar-refractivity contribution in [3.63, 3.8) is 0 Å². The average Bonchev–Trinajstić information content (AvgIpc) is 3.04. The van der Waals surface area contributed by atoms with E-state index in [4.69, 9.17) is 11.6 Å². The van der Waals surface area contributed by atoms with E-state index in [2.05, 4.69) is 5.10 Å². The van der Waals surface area contributed by atoms with Crippen LogP contribution in [-0.2, 0) is 0 Å². The molecular weight excluding hydrogens is 299 g/mol. The van der Waals surface area contributed by atoms with Crippen LogP contribution in [0.2, 0.25) is 4.34 Å². The van der Waals surface area contributed by atoms with E-state index in [0.717, 1.165) is 11.2 Å². The molecule has 0 aliphatic rings. The van der Waals surface area contributed by atoms with Crippen LogP contribution in [0.4, 0.5) is 4.39 Å². The van der Waals surface area contributed by atoms with Gasteiger partial charge in [-0.25, -0.2) is 9.07 Å². The monoisotopic (exact) mass is 306 g/mol. The van der Waals surface area contributed by atoms with Crippen LogP contribution in [0, 0.1) is 5.82 Å². The fourth-order valence-electron chi connectivity index (χ4n) is 1.86. The van der Waals surface area contributed by atoms with E-state index in [9.17, 15) is 9.18 Å². The largest absolute Gasteiger partial charge is 0.298 e. The summed E-state index contributed by atoms with van der Waals surface area (Å²) < 4.78 is 15.3. The first-order valence-corrected chi connectivity index (χ1v) is 6.93. The lowest BCUT2D eigenvalue weighted by Gasteiger charge is -2.00. The zero-order chi connectivity index (χ0) is 14.1. The number of benzene rings is 1. The van der Waals surface area contributed by atoms with Crippen LogP contribution in [0.1, 0.15) is 10.4 Å². The van der Waals surface area contributed by atoms with Crippen LogP contribution in [0.15, 0.2) is 42.6 Å². The molecule has 0 radical (unpaired) electrons. The molecule has 0 amide bonds. The number of rotatable bonds is 3. The summed E-state index contributed by atoms with van der Waals surface area (Å²) in [7, 11) is 0. The molecule has 3 aromatic rings. The van der Waals surface area contributed by atoms with Crippen molar-refractivity contribution in [1.29, 1.82) is 0 Å². The maximum atomic E-state index is 13.2. The molecular formula is C14H8ClFN2OS. The van der Waals surface area contributed by atoms with E-state index in [1.807, 2.05) is 0 Å². The molecule has 0 atom stereocenters. The predicted molar refractivity (Wildman–Crippen MR) is 77.2 cm³/mol. The standard InChI is InChI=1S/C14H8ClFN2OS/c15-13-5-4-12(20-13)14-9(8-19)7-18(17-14)11-3-1-2-10(16)6-11/h1-8H. The molecule has 0 unspecified atom stereocenters. The molecule has 0 aliphatic carbocycles. The number of aldehydes is 1. The molecule has 20 heavy (non-hydrogen) atoms. The second kappa shape index (κ2) is 5.19. The fraction of sp³-hybridized carbons (Fsp3) is 0. The highest BCUT2D eigenvalue weighted by atomic mass is 35.5. The molecule has 2 heterocycles. The van der Waals surface area contributed by atoms with Crippen molar-refractivity contribution in [2.75, 3.05) is 0 Å². The van der Waals surface area contributed by atoms with Crippen LogP contribution in [-0.4, -0.2) is 16.1 Å². The van der Waals surface area contributed by atoms with E-state index < -0.39 is 0 Å². The van der Waals surface area contributed by atoms with Gasteiger partial charge in [0.1, 0.15) is 11.5 Å². The number of nitrogens with zero attached hydrogens (tertiary/aromatic N) is 2. The van der Waals surface area contributed by atoms with Gasteiger partial charge < -0.3 is 0 Å². The molecule has 0 N–H and O–H groups in total. The van der Waals surface area contributed by atoms with Gasteiger partial charge in [0, 0.05) is 6.20 Å². The summed E-state index contributed by atoms with van der Waals surface area (Å²) in [6, 6.07) is 9.57. The van der Waals surface area contributed by atoms with Crippen LogP contribution in [0.25, 0.3) is 16.3 Å². The quantitative estimate of drug-likeness (QED) is 0.680. The minimum atomic E-state index is -0.355. The van der Waals surface area contributed by atoms with Crippen molar-refractivity contribution in [1.82, 2.24) is 9.78 Å². The molecule has 2 aromatic heterocycles. The summed E-state index contributed by atoms with van der Waals surface area (Å²) in [6.07, 6.45) is 2.30. The van der Waals surface area contributed by atoms with Crippen molar-refractivity contribution in [2.24, 2.45) is 0 Å². The van der Waals surface area contributed by atoms with Gasteiger partial charge in [0.2, 0.25) is 0 Å². The number of aromatic nitrogens is 2. The Morgan fingerprint density at radius 1 is 1.30 bits per heavy atom. The first kappa shape index (κ1) is 13.0. The van der Waals surface area contributed by atoms with Crippen molar-refractivity contribution in [2.45, 2.75) is 0 Å². The molecule has 1 aromatic carbocycles. The topological polar surface area (TPSA) is 34.9 Å². The Bertz CT molecular complexity index is 781. The van der Waals surface area contributed by atoms with Gasteiger partial charge in [-0.1, -0.05) is 17.7 Å². The van der Waals surface area contributed by atoms with Gasteiger partial charge in [0.25, 0.3) is 0 Å². The molecule has 6 heteroatoms. The summed E-state index contributed by atoms with van der Waals surface area (Å²) in [5, 5.41) is 4.35. The van der Waals surface area contributed by atoms with Crippen molar-refractivity contribution in [3.8, 4) is 16.3 Å². The van der Waals surface area contributed by atoms with Gasteiger partial charge in [-0.05, 0) is 30.3 Å². The molecule has 0 bridgehead atoms. The zero-order valence-electron chi connectivity index (χ0n) is 10.1. The van der Waals surface area contributed by atoms with E-state index in [0.29, 0.717) is 21.3 Å². The van der Waals surface area contributed by atoms with Crippen molar-refractivity contribution < 1.29 is 9.18 Å². The number of hydrogen-bond donors (Lipinski definition) is 0. The van der Waals surface area contributed by atoms with E-state index in [-0.39, 0.29) is 5.82 Å². The maximum Gasteiger partial charge on any atom is 0.153 e. The van der Waals surface area contributed by atoms with E-state index in [1.54, 1.807) is 30.5 Å². The number of carbonyl (C=O) groups is 1. The predicted octanol–water partition coefficient (Wildman–Crippen LogP) is 4.21. The second-order valence-electron chi connectivity index (χ2n) is 4.08. The molecule has 0 spiro atoms. The molecule has 0 saturated carbocycles. The fourth-order valence-corrected chi connectivity index (χ4v) is 2.91. The van der Waals surface area contributed by atoms with Crippen LogP contribution in [0.3, 0.4) is 0 Å². The third-order valence-corrected chi connectivity index (χ3v) is 3.99. The third-order valence-electron chi connectivity index (χ3n) is 2.75. The Labute approximate surface area is 123 Å². The van der Waals surface area contributed by atoms with E-state index in [1.165, 1.54) is 28.2 Å². The normalized spacial score (nSPS) is 10.7. The summed E-state index contributed by atoms with van der Waals surface area (Å²) in [6.45, 7) is 0. The Hall–Kier alpha value is -1.98. The minimum absolute atomic E-state index is 0.355. The Balaban J connectivity index is 2.11. The lowest BCUT2D eigenvalue weighted by atomic mass is 10.2. The number of halogens is 2. The Kier molecular flexibility index (Phi) is 3.38. The minimum Gasteiger partial charge on any atom is -0.298 e. The highest BCUT2D eigenvalue weighted by molar-refractivity contribution is 7.19. The van der Waals surface area contributed by atoms with Gasteiger partial charge in [-0.15, -0.1) is 11.3 Å². The van der Waals surface area contributed by atoms with Crippen molar-refractivity contribution >= 4 is 29.2 Å². The molecule has 100 valence electrons. The van der Waals surface area contributed by atoms with E-state index >= 15 is 0 Å². The highest BCUT2D eigenvalue weighted by Crippen LogP contribution is 2.32. The second-order valence-corrected chi connectivity index (χ2v) is 5.79. The van der Waals surface area contributed by atoms with Gasteiger partial charge in [-0.3, -0.25) is 4.79 Å². The Morgan fingerprint density at radius 2 is 2.15 bits per heavy atom. The molecule has 3 rings (SSSR count). The zero-order valence-corrected chi connectivity index (χ0v) is 11.7. The smallest absolute Gasteiger partial charge is 0.153 e. The summed E-state index contributed by atoms with van der Waals surface area (Å²) >= 11 is 7.24. The SMILES string of the molecule is O=Cc1cn(-c2cccc(F)c2)nc1-c1ccc(Cl)s1. The summed E-state index contributed by atoms with van der Waals surface area (Å²) in [5.41, 5.74) is 1.54. The number of thiophene rings is 1. The van der Waals surface area contributed by atoms with Gasteiger partial charge in [0.15, 0.2) is 6.29 Å². The first-order valence-electron chi connectivity index (χ1n) is 5.74. The van der Waals surface area contributed by atoms with Crippen LogP contribution >= 0.6 is 22.9 Å².